The molecule has 10 heteroatoms. The van der Waals surface area contributed by atoms with Crippen molar-refractivity contribution in [1.29, 1.82) is 0 Å². The van der Waals surface area contributed by atoms with Crippen LogP contribution < -0.4 is 4.90 Å². The van der Waals surface area contributed by atoms with Gasteiger partial charge in [-0.25, -0.2) is 13.8 Å². The summed E-state index contributed by atoms with van der Waals surface area (Å²) in [6, 6.07) is 11.1. The van der Waals surface area contributed by atoms with Gasteiger partial charge in [-0.05, 0) is 23.3 Å². The summed E-state index contributed by atoms with van der Waals surface area (Å²) >= 11 is 1.00. The Morgan fingerprint density at radius 1 is 1.13 bits per heavy atom. The minimum Gasteiger partial charge on any atom is -0.283 e. The number of nitro benzene ring substituents is 1. The molecule has 0 atom stereocenters. The third-order valence-corrected chi connectivity index (χ3v) is 5.53. The quantitative estimate of drug-likeness (QED) is 0.322. The second kappa shape index (κ2) is 8.52. The van der Waals surface area contributed by atoms with E-state index in [9.17, 15) is 23.7 Å². The van der Waals surface area contributed by atoms with E-state index < -0.39 is 16.6 Å². The number of nitro groups is 1. The van der Waals surface area contributed by atoms with Crippen LogP contribution >= 0.6 is 11.3 Å². The molecule has 0 aliphatic heterocycles. The molecule has 0 radical (unpaired) electrons. The van der Waals surface area contributed by atoms with E-state index in [-0.39, 0.29) is 39.9 Å². The first-order valence-electron chi connectivity index (χ1n) is 9.09. The van der Waals surface area contributed by atoms with Crippen molar-refractivity contribution in [2.45, 2.75) is 13.0 Å². The first-order valence-corrected chi connectivity index (χ1v) is 9.90. The molecule has 1 amide bonds. The number of anilines is 1. The number of aromatic nitrogens is 2. The van der Waals surface area contributed by atoms with Crippen molar-refractivity contribution in [2.24, 2.45) is 0 Å². The fourth-order valence-corrected chi connectivity index (χ4v) is 4.02. The van der Waals surface area contributed by atoms with E-state index in [1.807, 2.05) is 0 Å². The largest absolute Gasteiger partial charge is 0.283 e. The molecule has 2 heterocycles. The molecule has 0 bridgehead atoms. The molecule has 2 aromatic carbocycles. The highest BCUT2D eigenvalue weighted by Crippen LogP contribution is 2.32. The fraction of sp³-hybridized carbons (Fsp3) is 0.0952. The summed E-state index contributed by atoms with van der Waals surface area (Å²) in [6.45, 7) is 0.129. The third-order valence-electron chi connectivity index (χ3n) is 4.50. The van der Waals surface area contributed by atoms with Crippen LogP contribution in [0, 0.1) is 21.7 Å². The summed E-state index contributed by atoms with van der Waals surface area (Å²) in [4.78, 5) is 33.1. The lowest BCUT2D eigenvalue weighted by atomic mass is 10.1. The van der Waals surface area contributed by atoms with Crippen molar-refractivity contribution in [1.82, 2.24) is 9.97 Å². The van der Waals surface area contributed by atoms with Gasteiger partial charge in [-0.3, -0.25) is 24.8 Å². The minimum absolute atomic E-state index is 0.0132. The smallest absolute Gasteiger partial charge is 0.269 e. The first kappa shape index (κ1) is 20.5. The summed E-state index contributed by atoms with van der Waals surface area (Å²) in [5, 5.41) is 11.0. The molecule has 0 aliphatic rings. The van der Waals surface area contributed by atoms with E-state index in [0.717, 1.165) is 23.0 Å². The maximum atomic E-state index is 14.1. The topological polar surface area (TPSA) is 89.2 Å². The van der Waals surface area contributed by atoms with Crippen molar-refractivity contribution in [2.75, 3.05) is 4.90 Å². The molecule has 4 aromatic rings. The van der Waals surface area contributed by atoms with Crippen LogP contribution in [0.5, 0.6) is 0 Å². The van der Waals surface area contributed by atoms with Gasteiger partial charge in [0.2, 0.25) is 5.91 Å². The molecular weight excluding hydrogens is 426 g/mol. The van der Waals surface area contributed by atoms with E-state index in [1.54, 1.807) is 24.5 Å². The van der Waals surface area contributed by atoms with E-state index in [1.165, 1.54) is 35.2 Å². The molecule has 31 heavy (non-hydrogen) atoms. The summed E-state index contributed by atoms with van der Waals surface area (Å²) in [6.07, 6.45) is 3.15. The van der Waals surface area contributed by atoms with Gasteiger partial charge in [-0.15, -0.1) is 0 Å². The number of hydrogen-bond acceptors (Lipinski definition) is 6. The maximum absolute atomic E-state index is 14.1. The molecular formula is C21H14F2N4O3S. The number of fused-ring (bicyclic) bond motifs is 1. The highest BCUT2D eigenvalue weighted by atomic mass is 32.1. The minimum atomic E-state index is -0.804. The summed E-state index contributed by atoms with van der Waals surface area (Å²) < 4.78 is 28.0. The predicted octanol–water partition coefficient (Wildman–Crippen LogP) is 4.65. The van der Waals surface area contributed by atoms with Gasteiger partial charge in [0.1, 0.15) is 11.3 Å². The van der Waals surface area contributed by atoms with Crippen LogP contribution in [0.4, 0.5) is 19.6 Å². The third kappa shape index (κ3) is 4.53. The standard InChI is InChI=1S/C21H14F2N4O3S/c22-15-9-17(23)20-18(10-15)31-21(25-20)26(12-14-2-1-7-24-11-14)19(28)8-13-3-5-16(6-4-13)27(29)30/h1-7,9-11H,8,12H2. The molecule has 0 unspecified atom stereocenters. The lowest BCUT2D eigenvalue weighted by Crippen LogP contribution is -2.31. The number of halogens is 2. The molecule has 0 saturated heterocycles. The van der Waals surface area contributed by atoms with Gasteiger partial charge < -0.3 is 0 Å². The van der Waals surface area contributed by atoms with E-state index in [2.05, 4.69) is 9.97 Å². The lowest BCUT2D eigenvalue weighted by molar-refractivity contribution is -0.384. The molecule has 156 valence electrons. The number of benzene rings is 2. The second-order valence-electron chi connectivity index (χ2n) is 6.67. The Hall–Kier alpha value is -3.79. The van der Waals surface area contributed by atoms with Gasteiger partial charge in [0.25, 0.3) is 5.69 Å². The van der Waals surface area contributed by atoms with Crippen LogP contribution in [0.3, 0.4) is 0 Å². The maximum Gasteiger partial charge on any atom is 0.269 e. The number of carbonyl (C=O) groups is 1. The monoisotopic (exact) mass is 440 g/mol. The molecule has 0 aliphatic carbocycles. The van der Waals surface area contributed by atoms with Crippen molar-refractivity contribution in [3.8, 4) is 0 Å². The van der Waals surface area contributed by atoms with E-state index in [0.29, 0.717) is 5.56 Å². The predicted molar refractivity (Wildman–Crippen MR) is 112 cm³/mol. The number of carbonyl (C=O) groups excluding carboxylic acids is 1. The summed E-state index contributed by atoms with van der Waals surface area (Å²) in [5.41, 5.74) is 1.21. The Bertz CT molecular complexity index is 1260. The fourth-order valence-electron chi connectivity index (χ4n) is 3.00. The van der Waals surface area contributed by atoms with Crippen LogP contribution in [-0.4, -0.2) is 20.8 Å². The number of hydrogen-bond donors (Lipinski definition) is 0. The normalized spacial score (nSPS) is 10.9. The van der Waals surface area contributed by atoms with Crippen LogP contribution in [0.2, 0.25) is 0 Å². The van der Waals surface area contributed by atoms with Gasteiger partial charge in [0, 0.05) is 30.6 Å². The Morgan fingerprint density at radius 2 is 1.90 bits per heavy atom. The van der Waals surface area contributed by atoms with Crippen molar-refractivity contribution < 1.29 is 18.5 Å². The van der Waals surface area contributed by atoms with Gasteiger partial charge in [-0.2, -0.15) is 0 Å². The zero-order chi connectivity index (χ0) is 22.0. The Balaban J connectivity index is 1.67. The molecule has 4 rings (SSSR count). The van der Waals surface area contributed by atoms with Crippen LogP contribution in [0.1, 0.15) is 11.1 Å². The average molecular weight is 440 g/mol. The number of amides is 1. The lowest BCUT2D eigenvalue weighted by Gasteiger charge is -2.20. The second-order valence-corrected chi connectivity index (χ2v) is 7.68. The van der Waals surface area contributed by atoms with Gasteiger partial charge in [0.15, 0.2) is 10.9 Å². The molecule has 0 N–H and O–H groups in total. The molecule has 7 nitrogen and oxygen atoms in total. The van der Waals surface area contributed by atoms with Gasteiger partial charge >= 0.3 is 0 Å². The van der Waals surface area contributed by atoms with Crippen molar-refractivity contribution >= 4 is 38.3 Å². The number of non-ortho nitro benzene ring substituents is 1. The van der Waals surface area contributed by atoms with Crippen molar-refractivity contribution in [3.05, 3.63) is 93.8 Å². The molecule has 0 saturated carbocycles. The zero-order valence-corrected chi connectivity index (χ0v) is 16.7. The van der Waals surface area contributed by atoms with Crippen molar-refractivity contribution in [3.63, 3.8) is 0 Å². The highest BCUT2D eigenvalue weighted by molar-refractivity contribution is 7.22. The van der Waals surface area contributed by atoms with Crippen LogP contribution in [0.15, 0.2) is 60.9 Å². The SMILES string of the molecule is O=C(Cc1ccc([N+](=O)[O-])cc1)N(Cc1cccnc1)c1nc2c(F)cc(F)cc2s1. The number of pyridine rings is 1. The Kier molecular flexibility index (Phi) is 5.63. The zero-order valence-electron chi connectivity index (χ0n) is 15.9. The van der Waals surface area contributed by atoms with Crippen LogP contribution in [-0.2, 0) is 17.8 Å². The molecule has 0 spiro atoms. The Morgan fingerprint density at radius 3 is 2.58 bits per heavy atom. The van der Waals surface area contributed by atoms with E-state index in [4.69, 9.17) is 0 Å². The van der Waals surface area contributed by atoms with Gasteiger partial charge in [0.05, 0.1) is 22.6 Å². The van der Waals surface area contributed by atoms with Gasteiger partial charge in [-0.1, -0.05) is 29.5 Å². The molecule has 2 aromatic heterocycles. The van der Waals surface area contributed by atoms with E-state index >= 15 is 0 Å². The first-order chi connectivity index (χ1) is 14.9. The highest BCUT2D eigenvalue weighted by Gasteiger charge is 2.22. The summed E-state index contributed by atoms with van der Waals surface area (Å²) in [7, 11) is 0. The number of thiazole rings is 1. The number of rotatable bonds is 6. The summed E-state index contributed by atoms with van der Waals surface area (Å²) in [5.74, 6) is -1.88. The van der Waals surface area contributed by atoms with Crippen LogP contribution in [0.25, 0.3) is 10.2 Å². The average Bonchev–Trinajstić information content (AvgIpc) is 3.17. The molecule has 0 fully saturated rings. The number of nitrogens with zero attached hydrogens (tertiary/aromatic N) is 4. The Labute approximate surface area is 178 Å².